The third-order valence-electron chi connectivity index (χ3n) is 3.13. The van der Waals surface area contributed by atoms with E-state index in [0.29, 0.717) is 0 Å². The van der Waals surface area contributed by atoms with Crippen molar-refractivity contribution >= 4 is 11.3 Å². The van der Waals surface area contributed by atoms with Crippen LogP contribution in [0.3, 0.4) is 0 Å². The zero-order chi connectivity index (χ0) is 11.5. The maximum Gasteiger partial charge on any atom is 0.0948 e. The van der Waals surface area contributed by atoms with Gasteiger partial charge in [0.1, 0.15) is 0 Å². The van der Waals surface area contributed by atoms with Crippen molar-refractivity contribution < 1.29 is 0 Å². The fraction of sp³-hybridized carbons (Fsp3) is 0.462. The molecule has 2 aromatic heterocycles. The van der Waals surface area contributed by atoms with Crippen molar-refractivity contribution in [2.24, 2.45) is 0 Å². The molecular weight excluding hydrogens is 230 g/mol. The molecular formula is C13H17N3S. The van der Waals surface area contributed by atoms with Crippen molar-refractivity contribution in [3.63, 3.8) is 0 Å². The molecule has 17 heavy (non-hydrogen) atoms. The van der Waals surface area contributed by atoms with E-state index in [2.05, 4.69) is 32.4 Å². The number of hydrogen-bond acceptors (Lipinski definition) is 3. The second kappa shape index (κ2) is 5.02. The summed E-state index contributed by atoms with van der Waals surface area (Å²) in [4.78, 5) is 5.69. The summed E-state index contributed by atoms with van der Waals surface area (Å²) in [5.74, 6) is 0. The molecule has 1 aliphatic rings. The van der Waals surface area contributed by atoms with Crippen LogP contribution in [0.2, 0.25) is 0 Å². The van der Waals surface area contributed by atoms with Crippen LogP contribution in [0.1, 0.15) is 23.4 Å². The minimum atomic E-state index is 0.760. The molecule has 0 unspecified atom stereocenters. The Morgan fingerprint density at radius 2 is 2.41 bits per heavy atom. The van der Waals surface area contributed by atoms with Gasteiger partial charge in [0.25, 0.3) is 0 Å². The highest BCUT2D eigenvalue weighted by molar-refractivity contribution is 7.09. The van der Waals surface area contributed by atoms with Crippen LogP contribution in [-0.2, 0) is 19.5 Å². The average molecular weight is 247 g/mol. The third kappa shape index (κ3) is 2.96. The molecule has 0 atom stereocenters. The minimum absolute atomic E-state index is 0.760. The van der Waals surface area contributed by atoms with Crippen molar-refractivity contribution in [1.82, 2.24) is 14.9 Å². The first-order valence-electron chi connectivity index (χ1n) is 6.16. The first kappa shape index (κ1) is 11.0. The Kier molecular flexibility index (Phi) is 3.25. The average Bonchev–Trinajstić information content (AvgIpc) is 2.86. The summed E-state index contributed by atoms with van der Waals surface area (Å²) in [6, 6.07) is 5.07. The van der Waals surface area contributed by atoms with Crippen LogP contribution < -0.4 is 5.32 Å². The Morgan fingerprint density at radius 1 is 1.47 bits per heavy atom. The lowest BCUT2D eigenvalue weighted by Gasteiger charge is -2.08. The van der Waals surface area contributed by atoms with Gasteiger partial charge in [0.2, 0.25) is 0 Å². The van der Waals surface area contributed by atoms with Gasteiger partial charge in [0, 0.05) is 30.2 Å². The normalized spacial score (nSPS) is 15.3. The molecule has 0 radical (unpaired) electrons. The first-order chi connectivity index (χ1) is 8.42. The summed E-state index contributed by atoms with van der Waals surface area (Å²) in [7, 11) is 0. The van der Waals surface area contributed by atoms with Gasteiger partial charge in [-0.1, -0.05) is 6.07 Å². The molecule has 1 aliphatic carbocycles. The largest absolute Gasteiger partial charge is 0.333 e. The number of nitrogens with zero attached hydrogens (tertiary/aromatic N) is 2. The predicted molar refractivity (Wildman–Crippen MR) is 70.1 cm³/mol. The van der Waals surface area contributed by atoms with Gasteiger partial charge in [-0.15, -0.1) is 11.3 Å². The first-order valence-corrected chi connectivity index (χ1v) is 7.04. The molecule has 90 valence electrons. The van der Waals surface area contributed by atoms with Crippen molar-refractivity contribution in [2.75, 3.05) is 0 Å². The van der Waals surface area contributed by atoms with Crippen LogP contribution >= 0.6 is 11.3 Å². The highest BCUT2D eigenvalue weighted by atomic mass is 32.1. The molecule has 1 N–H and O–H groups in total. The summed E-state index contributed by atoms with van der Waals surface area (Å²) in [5, 5.41) is 5.67. The van der Waals surface area contributed by atoms with Gasteiger partial charge >= 0.3 is 0 Å². The second-order valence-electron chi connectivity index (χ2n) is 4.56. The number of rotatable bonds is 6. The van der Waals surface area contributed by atoms with E-state index < -0.39 is 0 Å². The molecule has 0 amide bonds. The van der Waals surface area contributed by atoms with E-state index in [0.717, 1.165) is 25.6 Å². The van der Waals surface area contributed by atoms with Crippen LogP contribution in [-0.4, -0.2) is 15.6 Å². The van der Waals surface area contributed by atoms with Crippen LogP contribution in [0, 0.1) is 0 Å². The number of nitrogens with one attached hydrogen (secondary N) is 1. The van der Waals surface area contributed by atoms with Crippen LogP contribution in [0.15, 0.2) is 30.0 Å². The van der Waals surface area contributed by atoms with Gasteiger partial charge in [-0.05, 0) is 30.7 Å². The second-order valence-corrected chi connectivity index (χ2v) is 5.60. The van der Waals surface area contributed by atoms with Crippen LogP contribution in [0.5, 0.6) is 0 Å². The van der Waals surface area contributed by atoms with Crippen molar-refractivity contribution in [2.45, 2.75) is 38.4 Å². The SMILES string of the molecule is c1csc(CCn2cncc2CNC2CC2)c1. The molecule has 1 fully saturated rings. The standard InChI is InChI=1S/C13H17N3S/c1-2-13(17-7-1)5-6-16-10-14-8-12(16)9-15-11-3-4-11/h1-2,7-8,10-11,15H,3-6,9H2. The van der Waals surface area contributed by atoms with E-state index in [1.54, 1.807) is 0 Å². The molecule has 2 heterocycles. The van der Waals surface area contributed by atoms with Crippen molar-refractivity contribution in [3.05, 3.63) is 40.6 Å². The van der Waals surface area contributed by atoms with E-state index in [9.17, 15) is 0 Å². The van der Waals surface area contributed by atoms with Crippen LogP contribution in [0.25, 0.3) is 0 Å². The van der Waals surface area contributed by atoms with Gasteiger partial charge in [-0.2, -0.15) is 0 Å². The number of imidazole rings is 1. The smallest absolute Gasteiger partial charge is 0.0948 e. The molecule has 1 saturated carbocycles. The Hall–Kier alpha value is -1.13. The Morgan fingerprint density at radius 3 is 3.18 bits per heavy atom. The van der Waals surface area contributed by atoms with Gasteiger partial charge in [-0.25, -0.2) is 4.98 Å². The molecule has 4 heteroatoms. The predicted octanol–water partition coefficient (Wildman–Crippen LogP) is 2.44. The van der Waals surface area contributed by atoms with Gasteiger partial charge in [0.05, 0.1) is 12.0 Å². The summed E-state index contributed by atoms with van der Waals surface area (Å²) < 4.78 is 2.26. The van der Waals surface area contributed by atoms with Crippen LogP contribution in [0.4, 0.5) is 0 Å². The molecule has 2 aromatic rings. The summed E-state index contributed by atoms with van der Waals surface area (Å²) in [5.41, 5.74) is 1.30. The summed E-state index contributed by atoms with van der Waals surface area (Å²) in [6.45, 7) is 1.98. The molecule has 0 bridgehead atoms. The summed E-state index contributed by atoms with van der Waals surface area (Å²) >= 11 is 1.83. The van der Waals surface area contributed by atoms with Crippen molar-refractivity contribution in [1.29, 1.82) is 0 Å². The zero-order valence-electron chi connectivity index (χ0n) is 9.80. The van der Waals surface area contributed by atoms with Gasteiger partial charge in [0.15, 0.2) is 0 Å². The number of aryl methyl sites for hydroxylation is 2. The van der Waals surface area contributed by atoms with E-state index in [4.69, 9.17) is 0 Å². The molecule has 0 saturated heterocycles. The van der Waals surface area contributed by atoms with E-state index in [1.165, 1.54) is 23.4 Å². The maximum atomic E-state index is 4.25. The summed E-state index contributed by atoms with van der Waals surface area (Å²) in [6.07, 6.45) is 7.69. The van der Waals surface area contributed by atoms with E-state index in [-0.39, 0.29) is 0 Å². The quantitative estimate of drug-likeness (QED) is 0.849. The van der Waals surface area contributed by atoms with E-state index in [1.807, 2.05) is 23.9 Å². The monoisotopic (exact) mass is 247 g/mol. The maximum absolute atomic E-state index is 4.25. The third-order valence-corrected chi connectivity index (χ3v) is 4.06. The fourth-order valence-electron chi connectivity index (χ4n) is 1.92. The minimum Gasteiger partial charge on any atom is -0.333 e. The molecule has 0 spiro atoms. The van der Waals surface area contributed by atoms with Gasteiger partial charge < -0.3 is 9.88 Å². The highest BCUT2D eigenvalue weighted by Gasteiger charge is 2.20. The Balaban J connectivity index is 1.56. The van der Waals surface area contributed by atoms with Crippen molar-refractivity contribution in [3.8, 4) is 0 Å². The number of thiophene rings is 1. The molecule has 3 rings (SSSR count). The highest BCUT2D eigenvalue weighted by Crippen LogP contribution is 2.19. The lowest BCUT2D eigenvalue weighted by atomic mass is 10.3. The van der Waals surface area contributed by atoms with E-state index >= 15 is 0 Å². The molecule has 0 aliphatic heterocycles. The Bertz CT molecular complexity index is 457. The molecule has 3 nitrogen and oxygen atoms in total. The lowest BCUT2D eigenvalue weighted by molar-refractivity contribution is 0.608. The fourth-order valence-corrected chi connectivity index (χ4v) is 2.62. The number of aromatic nitrogens is 2. The number of hydrogen-bond donors (Lipinski definition) is 1. The Labute approximate surface area is 106 Å². The zero-order valence-corrected chi connectivity index (χ0v) is 10.6. The molecule has 0 aromatic carbocycles. The van der Waals surface area contributed by atoms with Gasteiger partial charge in [-0.3, -0.25) is 0 Å². The topological polar surface area (TPSA) is 29.9 Å². The lowest BCUT2D eigenvalue weighted by Crippen LogP contribution is -2.18.